The molecule has 0 spiro atoms. The predicted octanol–water partition coefficient (Wildman–Crippen LogP) is 1.35. The molecule has 5 nitrogen and oxygen atoms in total. The first kappa shape index (κ1) is 15.1. The molecule has 0 unspecified atom stereocenters. The zero-order valence-electron chi connectivity index (χ0n) is 12.3. The van der Waals surface area contributed by atoms with E-state index in [9.17, 15) is 9.50 Å². The minimum Gasteiger partial charge on any atom is -0.393 e. The fourth-order valence-corrected chi connectivity index (χ4v) is 2.92. The third kappa shape index (κ3) is 3.35. The molecule has 2 N–H and O–H groups in total. The summed E-state index contributed by atoms with van der Waals surface area (Å²) in [6.07, 6.45) is 2.07. The van der Waals surface area contributed by atoms with Gasteiger partial charge >= 0.3 is 0 Å². The van der Waals surface area contributed by atoms with E-state index < -0.39 is 5.60 Å². The zero-order valence-corrected chi connectivity index (χ0v) is 12.3. The van der Waals surface area contributed by atoms with Gasteiger partial charge in [0.15, 0.2) is 0 Å². The quantitative estimate of drug-likeness (QED) is 0.875. The molecule has 0 radical (unpaired) electrons. The van der Waals surface area contributed by atoms with Gasteiger partial charge in [0.2, 0.25) is 0 Å². The van der Waals surface area contributed by atoms with E-state index in [1.807, 2.05) is 6.07 Å². The Labute approximate surface area is 128 Å². The number of hydrogen-bond acceptors (Lipinski definition) is 4. The lowest BCUT2D eigenvalue weighted by Crippen LogP contribution is -2.55. The van der Waals surface area contributed by atoms with Crippen molar-refractivity contribution in [3.63, 3.8) is 0 Å². The Hall–Kier alpha value is -1.76. The Morgan fingerprint density at radius 1 is 1.36 bits per heavy atom. The van der Waals surface area contributed by atoms with Crippen LogP contribution in [0.25, 0.3) is 0 Å². The van der Waals surface area contributed by atoms with Gasteiger partial charge in [-0.25, -0.2) is 4.39 Å². The molecule has 0 aliphatic carbocycles. The van der Waals surface area contributed by atoms with Crippen molar-refractivity contribution in [1.82, 2.24) is 15.1 Å². The maximum Gasteiger partial charge on any atom is 0.126 e. The van der Waals surface area contributed by atoms with Gasteiger partial charge in [-0.3, -0.25) is 10.00 Å². The van der Waals surface area contributed by atoms with Crippen LogP contribution in [0.4, 0.5) is 4.39 Å². The number of nitrogens with one attached hydrogen (secondary N) is 1. The Morgan fingerprint density at radius 3 is 2.95 bits per heavy atom. The Morgan fingerprint density at radius 2 is 2.23 bits per heavy atom. The number of aromatic amines is 1. The van der Waals surface area contributed by atoms with Gasteiger partial charge in [-0.2, -0.15) is 5.10 Å². The number of aliphatic hydroxyl groups is 1. The molecule has 1 aromatic heterocycles. The zero-order chi connectivity index (χ0) is 15.4. The van der Waals surface area contributed by atoms with Crippen molar-refractivity contribution in [1.29, 1.82) is 0 Å². The van der Waals surface area contributed by atoms with Crippen LogP contribution in [0.1, 0.15) is 11.3 Å². The molecule has 2 heterocycles. The topological polar surface area (TPSA) is 61.4 Å². The van der Waals surface area contributed by atoms with Crippen LogP contribution >= 0.6 is 0 Å². The number of hydrogen-bond donors (Lipinski definition) is 2. The summed E-state index contributed by atoms with van der Waals surface area (Å²) in [4.78, 5) is 2.19. The summed E-state index contributed by atoms with van der Waals surface area (Å²) in [5.41, 5.74) is 0.820. The highest BCUT2D eigenvalue weighted by Crippen LogP contribution is 2.25. The van der Waals surface area contributed by atoms with E-state index in [0.717, 1.165) is 12.2 Å². The van der Waals surface area contributed by atoms with Gasteiger partial charge < -0.3 is 9.84 Å². The second-order valence-electron chi connectivity index (χ2n) is 5.75. The van der Waals surface area contributed by atoms with Crippen molar-refractivity contribution >= 4 is 0 Å². The first-order valence-electron chi connectivity index (χ1n) is 7.40. The van der Waals surface area contributed by atoms with E-state index in [0.29, 0.717) is 31.7 Å². The third-order valence-electron chi connectivity index (χ3n) is 4.04. The molecule has 2 aromatic rings. The van der Waals surface area contributed by atoms with Crippen LogP contribution in [0.5, 0.6) is 0 Å². The lowest BCUT2D eigenvalue weighted by Gasteiger charge is -2.41. The molecule has 1 atom stereocenters. The highest BCUT2D eigenvalue weighted by atomic mass is 19.1. The summed E-state index contributed by atoms with van der Waals surface area (Å²) >= 11 is 0. The number of rotatable bonds is 5. The maximum absolute atomic E-state index is 13.9. The molecule has 1 saturated heterocycles. The van der Waals surface area contributed by atoms with Crippen LogP contribution in [0.15, 0.2) is 36.5 Å². The fraction of sp³-hybridized carbons (Fsp3) is 0.438. The molecular formula is C16H20FN3O2. The van der Waals surface area contributed by atoms with Crippen molar-refractivity contribution in [2.24, 2.45) is 0 Å². The van der Waals surface area contributed by atoms with E-state index in [1.165, 1.54) is 6.07 Å². The van der Waals surface area contributed by atoms with Crippen molar-refractivity contribution in [2.45, 2.75) is 18.6 Å². The first-order valence-corrected chi connectivity index (χ1v) is 7.40. The van der Waals surface area contributed by atoms with E-state index >= 15 is 0 Å². The SMILES string of the molecule is OC[C@@]1(Cc2ccccc2F)CN(Cc2ccn[nH]2)CCO1. The smallest absolute Gasteiger partial charge is 0.126 e. The Balaban J connectivity index is 1.72. The summed E-state index contributed by atoms with van der Waals surface area (Å²) in [6.45, 7) is 2.42. The molecule has 1 fully saturated rings. The summed E-state index contributed by atoms with van der Waals surface area (Å²) in [6, 6.07) is 8.56. The number of morpholine rings is 1. The van der Waals surface area contributed by atoms with E-state index in [2.05, 4.69) is 15.1 Å². The van der Waals surface area contributed by atoms with Gasteiger partial charge in [0.25, 0.3) is 0 Å². The maximum atomic E-state index is 13.9. The second-order valence-corrected chi connectivity index (χ2v) is 5.75. The number of halogens is 1. The monoisotopic (exact) mass is 305 g/mol. The molecule has 0 bridgehead atoms. The van der Waals surface area contributed by atoms with Crippen LogP contribution in [-0.4, -0.2) is 52.1 Å². The average molecular weight is 305 g/mol. The number of nitrogens with zero attached hydrogens (tertiary/aromatic N) is 2. The molecule has 6 heteroatoms. The molecule has 1 aliphatic heterocycles. The lowest BCUT2D eigenvalue weighted by molar-refractivity contribution is -0.134. The molecule has 0 saturated carbocycles. The van der Waals surface area contributed by atoms with Crippen molar-refractivity contribution in [3.05, 3.63) is 53.6 Å². The van der Waals surface area contributed by atoms with Gasteiger partial charge in [-0.15, -0.1) is 0 Å². The first-order chi connectivity index (χ1) is 10.7. The standard InChI is InChI=1S/C16H20FN3O2/c17-15-4-2-1-3-13(15)9-16(12-21)11-20(7-8-22-16)10-14-5-6-18-19-14/h1-6,21H,7-12H2,(H,18,19)/t16-/m1/s1. The Kier molecular flexibility index (Phi) is 4.52. The number of ether oxygens (including phenoxy) is 1. The minimum absolute atomic E-state index is 0.138. The third-order valence-corrected chi connectivity index (χ3v) is 4.04. The van der Waals surface area contributed by atoms with Crippen LogP contribution in [-0.2, 0) is 17.7 Å². The summed E-state index contributed by atoms with van der Waals surface area (Å²) in [5, 5.41) is 16.7. The summed E-state index contributed by atoms with van der Waals surface area (Å²) in [5.74, 6) is -0.260. The second kappa shape index (κ2) is 6.56. The molecule has 1 aliphatic rings. The minimum atomic E-state index is -0.763. The molecular weight excluding hydrogens is 285 g/mol. The highest BCUT2D eigenvalue weighted by molar-refractivity contribution is 5.20. The normalized spacial score (nSPS) is 22.8. The van der Waals surface area contributed by atoms with Crippen LogP contribution < -0.4 is 0 Å². The van der Waals surface area contributed by atoms with Crippen molar-refractivity contribution < 1.29 is 14.2 Å². The number of aromatic nitrogens is 2. The number of aliphatic hydroxyl groups excluding tert-OH is 1. The molecule has 0 amide bonds. The van der Waals surface area contributed by atoms with Crippen LogP contribution in [0.2, 0.25) is 0 Å². The van der Waals surface area contributed by atoms with Crippen LogP contribution in [0.3, 0.4) is 0 Å². The van der Waals surface area contributed by atoms with Crippen LogP contribution in [0, 0.1) is 5.82 Å². The predicted molar refractivity (Wildman–Crippen MR) is 79.7 cm³/mol. The number of H-pyrrole nitrogens is 1. The Bertz CT molecular complexity index is 605. The van der Waals surface area contributed by atoms with Gasteiger partial charge in [-0.1, -0.05) is 18.2 Å². The molecule has 1 aromatic carbocycles. The fourth-order valence-electron chi connectivity index (χ4n) is 2.92. The van der Waals surface area contributed by atoms with Gasteiger partial charge in [-0.05, 0) is 17.7 Å². The van der Waals surface area contributed by atoms with Gasteiger partial charge in [0.05, 0.1) is 13.2 Å². The van der Waals surface area contributed by atoms with E-state index in [4.69, 9.17) is 4.74 Å². The summed E-state index contributed by atoms with van der Waals surface area (Å²) < 4.78 is 19.7. The van der Waals surface area contributed by atoms with E-state index in [-0.39, 0.29) is 12.4 Å². The largest absolute Gasteiger partial charge is 0.393 e. The van der Waals surface area contributed by atoms with Gasteiger partial charge in [0, 0.05) is 37.9 Å². The molecule has 3 rings (SSSR count). The average Bonchev–Trinajstić information content (AvgIpc) is 3.03. The lowest BCUT2D eigenvalue weighted by atomic mass is 9.92. The van der Waals surface area contributed by atoms with Crippen molar-refractivity contribution in [3.8, 4) is 0 Å². The molecule has 118 valence electrons. The number of benzene rings is 1. The van der Waals surface area contributed by atoms with E-state index in [1.54, 1.807) is 24.4 Å². The van der Waals surface area contributed by atoms with Crippen molar-refractivity contribution in [2.75, 3.05) is 26.3 Å². The van der Waals surface area contributed by atoms with Gasteiger partial charge in [0.1, 0.15) is 11.4 Å². The molecule has 22 heavy (non-hydrogen) atoms. The summed E-state index contributed by atoms with van der Waals surface area (Å²) in [7, 11) is 0. The highest BCUT2D eigenvalue weighted by Gasteiger charge is 2.37.